The summed E-state index contributed by atoms with van der Waals surface area (Å²) in [5.41, 5.74) is 5.69. The smallest absolute Gasteiger partial charge is 0.759 e. The van der Waals surface area contributed by atoms with Gasteiger partial charge in [0.1, 0.15) is 5.75 Å². The second-order valence-corrected chi connectivity index (χ2v) is 3.48. The molecule has 100 valence electrons. The Labute approximate surface area is 156 Å². The predicted octanol–water partition coefficient (Wildman–Crippen LogP) is -6.67. The Kier molecular flexibility index (Phi) is 22.3. The van der Waals surface area contributed by atoms with Crippen molar-refractivity contribution in [3.63, 3.8) is 0 Å². The number of phenols is 1. The molecule has 0 heterocycles. The van der Waals surface area contributed by atoms with Gasteiger partial charge < -0.3 is 19.9 Å². The molecule has 13 heteroatoms. The van der Waals surface area contributed by atoms with E-state index in [4.69, 9.17) is 41.7 Å². The molecular weight excluding hydrogens is 324 g/mol. The Morgan fingerprint density at radius 3 is 1.53 bits per heavy atom. The average molecular weight is 333 g/mol. The molecule has 0 aliphatic carbocycles. The first-order chi connectivity index (χ1) is 7.54. The van der Waals surface area contributed by atoms with Crippen molar-refractivity contribution >= 4 is 27.4 Å². The maximum absolute atomic E-state index is 8.79. The van der Waals surface area contributed by atoms with E-state index >= 15 is 0 Å². The van der Waals surface area contributed by atoms with Gasteiger partial charge >= 0.3 is 59.1 Å². The van der Waals surface area contributed by atoms with Crippen LogP contribution in [0.25, 0.3) is 0 Å². The van der Waals surface area contributed by atoms with Crippen molar-refractivity contribution in [2.75, 3.05) is 5.73 Å². The summed E-state index contributed by atoms with van der Waals surface area (Å²) >= 11 is -2.61. The van der Waals surface area contributed by atoms with Crippen LogP contribution in [0.15, 0.2) is 24.3 Å². The molecule has 0 bridgehead atoms. The van der Waals surface area contributed by atoms with Crippen molar-refractivity contribution in [1.29, 1.82) is 0 Å². The number of hydrogen-bond acceptors (Lipinski definition) is 7. The molecule has 0 atom stereocenters. The molecule has 5 N–H and O–H groups in total. The third kappa shape index (κ3) is 38.1. The van der Waals surface area contributed by atoms with Crippen molar-refractivity contribution < 1.29 is 95.1 Å². The van der Waals surface area contributed by atoms with E-state index in [0.29, 0.717) is 5.69 Å². The van der Waals surface area contributed by atoms with Crippen molar-refractivity contribution in [3.8, 4) is 5.75 Å². The molecule has 0 spiro atoms. The summed E-state index contributed by atoms with van der Waals surface area (Å²) in [6, 6.07) is 6.70. The third-order valence-corrected chi connectivity index (χ3v) is 0.937. The minimum Gasteiger partial charge on any atom is -0.759 e. The number of hydrogen-bond donors (Lipinski definition) is 4. The van der Waals surface area contributed by atoms with Crippen LogP contribution in [0.3, 0.4) is 0 Å². The fourth-order valence-corrected chi connectivity index (χ4v) is 0.488. The van der Waals surface area contributed by atoms with E-state index in [2.05, 4.69) is 0 Å². The third-order valence-electron chi connectivity index (χ3n) is 0.937. The molecule has 0 radical (unpaired) electrons. The molecule has 1 aromatic rings. The van der Waals surface area contributed by atoms with Gasteiger partial charge in [-0.25, -0.2) is 0 Å². The first-order valence-electron chi connectivity index (χ1n) is 3.54. The summed E-state index contributed by atoms with van der Waals surface area (Å²) in [5, 5.41) is 8.79. The minimum atomic E-state index is -5.17. The number of anilines is 1. The molecule has 0 unspecified atom stereocenters. The van der Waals surface area contributed by atoms with E-state index in [1.165, 1.54) is 0 Å². The summed E-state index contributed by atoms with van der Waals surface area (Å²) in [5.74, 6) is 0.146. The van der Waals surface area contributed by atoms with Crippen LogP contribution in [0.4, 0.5) is 5.69 Å². The Morgan fingerprint density at radius 1 is 1.11 bits per heavy atom. The second kappa shape index (κ2) is 15.2. The molecule has 0 aromatic heterocycles. The monoisotopic (exact) mass is 333 g/mol. The minimum absolute atomic E-state index is 0. The number of para-hydroxylation sites is 2. The summed E-state index contributed by atoms with van der Waals surface area (Å²) in [4.78, 5) is 0. The van der Waals surface area contributed by atoms with E-state index in [9.17, 15) is 0 Å². The summed E-state index contributed by atoms with van der Waals surface area (Å²) in [7, 11) is -5.17. The second-order valence-electron chi connectivity index (χ2n) is 2.20. The molecule has 19 heavy (non-hydrogen) atoms. The van der Waals surface area contributed by atoms with Gasteiger partial charge in [0.15, 0.2) is 0 Å². The molecule has 0 saturated heterocycles. The van der Waals surface area contributed by atoms with Gasteiger partial charge in [-0.2, -0.15) is 4.21 Å². The van der Waals surface area contributed by atoms with Crippen molar-refractivity contribution in [2.24, 2.45) is 0 Å². The molecule has 0 amide bonds. The Balaban J connectivity index is -0.0000000910. The number of aromatic hydroxyl groups is 1. The van der Waals surface area contributed by atoms with Crippen LogP contribution in [-0.2, 0) is 21.8 Å². The topological polar surface area (TPSA) is 184 Å². The maximum atomic E-state index is 8.79. The van der Waals surface area contributed by atoms with Crippen LogP contribution in [0.1, 0.15) is 0 Å². The molecule has 1 aromatic carbocycles. The summed E-state index contributed by atoms with van der Waals surface area (Å²) < 4.78 is 56.9. The van der Waals surface area contributed by atoms with Gasteiger partial charge in [-0.3, -0.25) is 17.5 Å². The predicted molar refractivity (Wildman–Crippen MR) is 56.4 cm³/mol. The molecule has 9 nitrogen and oxygen atoms in total. The zero-order valence-electron chi connectivity index (χ0n) is 10.1. The van der Waals surface area contributed by atoms with E-state index in [0.717, 1.165) is 0 Å². The van der Waals surface area contributed by atoms with Crippen LogP contribution in [0.2, 0.25) is 0 Å². The average Bonchev–Trinajstić information content (AvgIpc) is 2.06. The number of nitrogen functional groups attached to an aromatic ring is 1. The zero-order valence-corrected chi connectivity index (χ0v) is 15.7. The van der Waals surface area contributed by atoms with Crippen LogP contribution in [0, 0.1) is 0 Å². The van der Waals surface area contributed by atoms with Crippen molar-refractivity contribution in [3.05, 3.63) is 24.3 Å². The fraction of sp³-hybridized carbons (Fsp3) is 0. The zero-order chi connectivity index (χ0) is 14.1. The van der Waals surface area contributed by atoms with Gasteiger partial charge in [0.2, 0.25) is 0 Å². The molecule has 0 aliphatic heterocycles. The first-order valence-corrected chi connectivity index (χ1v) is 5.94. The normalized spacial score (nSPS) is 8.68. The van der Waals surface area contributed by atoms with Crippen LogP contribution < -0.4 is 64.8 Å². The van der Waals surface area contributed by atoms with Crippen molar-refractivity contribution in [2.45, 2.75) is 0 Å². The van der Waals surface area contributed by atoms with E-state index in [-0.39, 0.29) is 64.9 Å². The fourth-order valence-electron chi connectivity index (χ4n) is 0.488. The van der Waals surface area contributed by atoms with Crippen LogP contribution in [0.5, 0.6) is 5.75 Å². The van der Waals surface area contributed by atoms with Gasteiger partial charge in [-0.1, -0.05) is 12.1 Å². The SMILES string of the molecule is Nc1ccccc1O.O=S(=O)([O-])[O-].O=S(O)O.[Na+].[Na+]. The van der Waals surface area contributed by atoms with Crippen molar-refractivity contribution in [1.82, 2.24) is 0 Å². The number of benzene rings is 1. The van der Waals surface area contributed by atoms with Gasteiger partial charge in [0.05, 0.1) is 5.69 Å². The Morgan fingerprint density at radius 2 is 1.37 bits per heavy atom. The largest absolute Gasteiger partial charge is 1.00 e. The number of phenolic OH excluding ortho intramolecular Hbond substituents is 1. The number of rotatable bonds is 0. The van der Waals surface area contributed by atoms with Gasteiger partial charge in [-0.05, 0) is 12.1 Å². The van der Waals surface area contributed by atoms with Crippen LogP contribution in [-0.4, -0.2) is 35.9 Å². The molecule has 1 rings (SSSR count). The molecule has 0 fully saturated rings. The van der Waals surface area contributed by atoms with Crippen LogP contribution >= 0.6 is 0 Å². The summed E-state index contributed by atoms with van der Waals surface area (Å²) in [6.45, 7) is 0. The molecular formula is C6H9NNa2O8S2. The van der Waals surface area contributed by atoms with E-state index in [1.807, 2.05) is 0 Å². The first kappa shape index (κ1) is 28.0. The van der Waals surface area contributed by atoms with Gasteiger partial charge in [-0.15, -0.1) is 0 Å². The molecule has 0 aliphatic rings. The number of nitrogens with two attached hydrogens (primary N) is 1. The Bertz CT molecular complexity index is 421. The van der Waals surface area contributed by atoms with E-state index < -0.39 is 21.8 Å². The quantitative estimate of drug-likeness (QED) is 0.0894. The van der Waals surface area contributed by atoms with Gasteiger partial charge in [0.25, 0.3) is 11.4 Å². The summed E-state index contributed by atoms with van der Waals surface area (Å²) in [6.07, 6.45) is 0. The standard InChI is InChI=1S/C6H7NO.2Na.H2O4S.H2O3S/c7-5-3-1-2-4-6(5)8;;;1-5(2,3)4;1-4(2)3/h1-4,8H,7H2;;;(H2,1,2,3,4);(H2,1,2,3)/q;2*+1;;/p-2. The molecule has 0 saturated carbocycles. The van der Waals surface area contributed by atoms with E-state index in [1.54, 1.807) is 24.3 Å². The Hall–Kier alpha value is 0.760. The van der Waals surface area contributed by atoms with Gasteiger partial charge in [0, 0.05) is 10.4 Å². The maximum Gasteiger partial charge on any atom is 1.00 e.